The van der Waals surface area contributed by atoms with Crippen LogP contribution in [0.4, 0.5) is 5.82 Å². The van der Waals surface area contributed by atoms with Gasteiger partial charge in [0.2, 0.25) is 0 Å². The minimum Gasteiger partial charge on any atom is -0.219 e. The molecule has 0 aliphatic carbocycles. The van der Waals surface area contributed by atoms with Crippen LogP contribution in [0.1, 0.15) is 19.5 Å². The van der Waals surface area contributed by atoms with Gasteiger partial charge in [0.25, 0.3) is 0 Å². The molecule has 0 bridgehead atoms. The van der Waals surface area contributed by atoms with E-state index < -0.39 is 0 Å². The van der Waals surface area contributed by atoms with Gasteiger partial charge in [0.15, 0.2) is 12.0 Å². The summed E-state index contributed by atoms with van der Waals surface area (Å²) in [6.07, 6.45) is 2.85. The Morgan fingerprint density at radius 2 is 2.60 bits per heavy atom. The summed E-state index contributed by atoms with van der Waals surface area (Å²) < 4.78 is 1.83. The fourth-order valence-corrected chi connectivity index (χ4v) is 1.05. The molecule has 2 heterocycles. The Morgan fingerprint density at radius 1 is 1.70 bits per heavy atom. The van der Waals surface area contributed by atoms with Gasteiger partial charge in [-0.3, -0.25) is 0 Å². The molecule has 0 N–H and O–H groups in total. The predicted octanol–water partition coefficient (Wildman–Crippen LogP) is 1.89. The van der Waals surface area contributed by atoms with Crippen LogP contribution in [0.25, 0.3) is 0 Å². The largest absolute Gasteiger partial charge is 0.219 e. The predicted molar refractivity (Wildman–Crippen MR) is 36.1 cm³/mol. The molecule has 10 heavy (non-hydrogen) atoms. The molecule has 1 aliphatic rings. The summed E-state index contributed by atoms with van der Waals surface area (Å²) in [6, 6.07) is 1.86. The highest BCUT2D eigenvalue weighted by atomic mass is 15.5. The summed E-state index contributed by atoms with van der Waals surface area (Å²) in [6.45, 7) is 2.07. The zero-order valence-corrected chi connectivity index (χ0v) is 5.73. The monoisotopic (exact) mass is 136 g/mol. The molecule has 52 valence electrons. The van der Waals surface area contributed by atoms with Gasteiger partial charge < -0.3 is 0 Å². The van der Waals surface area contributed by atoms with Gasteiger partial charge in [-0.1, -0.05) is 6.92 Å². The van der Waals surface area contributed by atoms with E-state index in [-0.39, 0.29) is 6.17 Å². The maximum Gasteiger partial charge on any atom is 0.174 e. The van der Waals surface area contributed by atoms with Crippen LogP contribution < -0.4 is 0 Å². The summed E-state index contributed by atoms with van der Waals surface area (Å²) in [5.74, 6) is 0.867. The average molecular weight is 136 g/mol. The normalized spacial score (nSPS) is 21.5. The van der Waals surface area contributed by atoms with Crippen molar-refractivity contribution in [3.63, 3.8) is 0 Å². The molecule has 0 spiro atoms. The molecule has 0 saturated heterocycles. The molecule has 1 aromatic rings. The van der Waals surface area contributed by atoms with Crippen molar-refractivity contribution >= 4 is 5.82 Å². The highest BCUT2D eigenvalue weighted by molar-refractivity contribution is 5.26. The lowest BCUT2D eigenvalue weighted by atomic mass is 10.4. The van der Waals surface area contributed by atoms with Crippen LogP contribution in [0.2, 0.25) is 0 Å². The van der Waals surface area contributed by atoms with Crippen molar-refractivity contribution in [2.24, 2.45) is 10.2 Å². The number of azo groups is 1. The maximum absolute atomic E-state index is 4.08. The Morgan fingerprint density at radius 3 is 3.40 bits per heavy atom. The van der Waals surface area contributed by atoms with Gasteiger partial charge in [-0.15, -0.1) is 5.11 Å². The molecule has 0 radical (unpaired) electrons. The Hall–Kier alpha value is -1.19. The van der Waals surface area contributed by atoms with Crippen molar-refractivity contribution in [2.45, 2.75) is 19.5 Å². The lowest BCUT2D eigenvalue weighted by Gasteiger charge is -2.01. The van der Waals surface area contributed by atoms with Crippen LogP contribution in [0.3, 0.4) is 0 Å². The number of nitrogens with zero attached hydrogens (tertiary/aromatic N) is 4. The second-order valence-electron chi connectivity index (χ2n) is 2.24. The first-order valence-electron chi connectivity index (χ1n) is 3.36. The van der Waals surface area contributed by atoms with E-state index in [0.717, 1.165) is 12.2 Å². The molecule has 0 fully saturated rings. The standard InChI is InChI=1S/C6H8N4/c1-2-5-8-9-6-3-4-7-10(5)6/h3-5H,2H2,1H3. The molecule has 1 atom stereocenters. The Kier molecular flexibility index (Phi) is 1.06. The van der Waals surface area contributed by atoms with Crippen molar-refractivity contribution in [1.29, 1.82) is 0 Å². The van der Waals surface area contributed by atoms with E-state index in [4.69, 9.17) is 0 Å². The third kappa shape index (κ3) is 0.586. The summed E-state index contributed by atoms with van der Waals surface area (Å²) >= 11 is 0. The highest BCUT2D eigenvalue weighted by Crippen LogP contribution is 2.28. The quantitative estimate of drug-likeness (QED) is 0.581. The molecule has 1 unspecified atom stereocenters. The lowest BCUT2D eigenvalue weighted by molar-refractivity contribution is 0.480. The minimum atomic E-state index is 0.144. The van der Waals surface area contributed by atoms with Crippen LogP contribution in [-0.2, 0) is 0 Å². The Balaban J connectivity index is 2.43. The number of fused-ring (bicyclic) bond motifs is 1. The zero-order valence-electron chi connectivity index (χ0n) is 5.73. The molecular weight excluding hydrogens is 128 g/mol. The first-order chi connectivity index (χ1) is 4.92. The van der Waals surface area contributed by atoms with Gasteiger partial charge in [-0.05, 0) is 6.42 Å². The first kappa shape index (κ1) is 5.58. The third-order valence-electron chi connectivity index (χ3n) is 1.59. The van der Waals surface area contributed by atoms with Crippen molar-refractivity contribution in [3.05, 3.63) is 12.3 Å². The lowest BCUT2D eigenvalue weighted by Crippen LogP contribution is -2.01. The molecule has 4 nitrogen and oxygen atoms in total. The molecule has 0 amide bonds. The van der Waals surface area contributed by atoms with Crippen LogP contribution in [-0.4, -0.2) is 9.78 Å². The SMILES string of the molecule is CCC1N=Nc2ccnn21. The smallest absolute Gasteiger partial charge is 0.174 e. The number of rotatable bonds is 1. The Bertz CT molecular complexity index is 262. The number of hydrogen-bond acceptors (Lipinski definition) is 3. The second kappa shape index (κ2) is 1.90. The van der Waals surface area contributed by atoms with E-state index >= 15 is 0 Å². The van der Waals surface area contributed by atoms with E-state index in [1.54, 1.807) is 6.20 Å². The topological polar surface area (TPSA) is 42.5 Å². The number of hydrogen-bond donors (Lipinski definition) is 0. The molecule has 0 aromatic carbocycles. The van der Waals surface area contributed by atoms with E-state index in [1.807, 2.05) is 10.7 Å². The van der Waals surface area contributed by atoms with E-state index in [1.165, 1.54) is 0 Å². The fraction of sp³-hybridized carbons (Fsp3) is 0.500. The molecule has 1 aliphatic heterocycles. The summed E-state index contributed by atoms with van der Waals surface area (Å²) in [4.78, 5) is 0. The molecule has 0 saturated carbocycles. The van der Waals surface area contributed by atoms with Gasteiger partial charge >= 0.3 is 0 Å². The fourth-order valence-electron chi connectivity index (χ4n) is 1.05. The van der Waals surface area contributed by atoms with Crippen molar-refractivity contribution in [2.75, 3.05) is 0 Å². The summed E-state index contributed by atoms with van der Waals surface area (Å²) in [5, 5.41) is 12.0. The van der Waals surface area contributed by atoms with E-state index in [2.05, 4.69) is 22.3 Å². The van der Waals surface area contributed by atoms with Crippen molar-refractivity contribution in [3.8, 4) is 0 Å². The van der Waals surface area contributed by atoms with Crippen molar-refractivity contribution < 1.29 is 0 Å². The molecule has 4 heteroatoms. The highest BCUT2D eigenvalue weighted by Gasteiger charge is 2.16. The van der Waals surface area contributed by atoms with E-state index in [0.29, 0.717) is 0 Å². The Labute approximate surface area is 58.6 Å². The van der Waals surface area contributed by atoms with Crippen LogP contribution in [0.5, 0.6) is 0 Å². The van der Waals surface area contributed by atoms with Gasteiger partial charge in [-0.25, -0.2) is 4.68 Å². The minimum absolute atomic E-state index is 0.144. The zero-order chi connectivity index (χ0) is 6.97. The summed E-state index contributed by atoms with van der Waals surface area (Å²) in [7, 11) is 0. The van der Waals surface area contributed by atoms with Crippen LogP contribution >= 0.6 is 0 Å². The van der Waals surface area contributed by atoms with Crippen LogP contribution in [0, 0.1) is 0 Å². The molecule has 1 aromatic heterocycles. The molecule has 2 rings (SSSR count). The van der Waals surface area contributed by atoms with Gasteiger partial charge in [0, 0.05) is 6.07 Å². The van der Waals surface area contributed by atoms with Crippen molar-refractivity contribution in [1.82, 2.24) is 9.78 Å². The maximum atomic E-state index is 4.08. The second-order valence-corrected chi connectivity index (χ2v) is 2.24. The summed E-state index contributed by atoms with van der Waals surface area (Å²) in [5.41, 5.74) is 0. The number of aromatic nitrogens is 2. The van der Waals surface area contributed by atoms with Gasteiger partial charge in [0.1, 0.15) is 0 Å². The van der Waals surface area contributed by atoms with Gasteiger partial charge in [-0.2, -0.15) is 10.2 Å². The first-order valence-corrected chi connectivity index (χ1v) is 3.36. The van der Waals surface area contributed by atoms with E-state index in [9.17, 15) is 0 Å². The third-order valence-corrected chi connectivity index (χ3v) is 1.59. The van der Waals surface area contributed by atoms with Gasteiger partial charge in [0.05, 0.1) is 6.20 Å². The average Bonchev–Trinajstić information content (AvgIpc) is 2.44. The molecular formula is C6H8N4. The van der Waals surface area contributed by atoms with Crippen LogP contribution in [0.15, 0.2) is 22.5 Å².